The number of aromatic nitrogens is 3. The van der Waals surface area contributed by atoms with E-state index in [4.69, 9.17) is 0 Å². The molecule has 3 rings (SSSR count). The fraction of sp³-hybridized carbons (Fsp3) is 0.154. The summed E-state index contributed by atoms with van der Waals surface area (Å²) in [5.74, 6) is -0.135. The molecule has 0 aliphatic heterocycles. The van der Waals surface area contributed by atoms with E-state index in [0.29, 0.717) is 12.1 Å². The van der Waals surface area contributed by atoms with Crippen LogP contribution in [-0.2, 0) is 6.54 Å². The summed E-state index contributed by atoms with van der Waals surface area (Å²) in [5.41, 5.74) is 2.30. The molecule has 0 saturated carbocycles. The first-order chi connectivity index (χ1) is 9.22. The molecular formula is C13H12N4OS. The number of rotatable bonds is 3. The predicted molar refractivity (Wildman–Crippen MR) is 73.2 cm³/mol. The molecule has 3 aromatic heterocycles. The first-order valence-electron chi connectivity index (χ1n) is 5.84. The maximum absolute atomic E-state index is 11.9. The summed E-state index contributed by atoms with van der Waals surface area (Å²) in [6, 6.07) is 3.59. The number of aryl methyl sites for hydroxylation is 1. The maximum atomic E-state index is 11.9. The number of hydrogen-bond acceptors (Lipinski definition) is 4. The summed E-state index contributed by atoms with van der Waals surface area (Å²) >= 11 is 1.57. The van der Waals surface area contributed by atoms with Gasteiger partial charge < -0.3 is 5.32 Å². The molecule has 0 fully saturated rings. The van der Waals surface area contributed by atoms with Crippen molar-refractivity contribution in [2.75, 3.05) is 0 Å². The zero-order valence-electron chi connectivity index (χ0n) is 10.3. The van der Waals surface area contributed by atoms with Gasteiger partial charge in [0.15, 0.2) is 4.96 Å². The lowest BCUT2D eigenvalue weighted by Gasteiger charge is -2.02. The lowest BCUT2D eigenvalue weighted by Crippen LogP contribution is -2.23. The van der Waals surface area contributed by atoms with Crippen LogP contribution in [0.1, 0.15) is 21.7 Å². The second-order valence-electron chi connectivity index (χ2n) is 4.20. The third-order valence-corrected chi connectivity index (χ3v) is 3.52. The fourth-order valence-corrected chi connectivity index (χ4v) is 2.46. The van der Waals surface area contributed by atoms with E-state index in [-0.39, 0.29) is 5.91 Å². The molecule has 0 bridgehead atoms. The van der Waals surface area contributed by atoms with Crippen molar-refractivity contribution in [3.05, 3.63) is 53.1 Å². The molecule has 0 unspecified atom stereocenters. The van der Waals surface area contributed by atoms with Crippen molar-refractivity contribution in [3.8, 4) is 0 Å². The Hall–Kier alpha value is -2.21. The van der Waals surface area contributed by atoms with Gasteiger partial charge in [0.2, 0.25) is 0 Å². The van der Waals surface area contributed by atoms with Crippen LogP contribution in [0.3, 0.4) is 0 Å². The molecule has 19 heavy (non-hydrogen) atoms. The summed E-state index contributed by atoms with van der Waals surface area (Å²) in [4.78, 5) is 21.3. The Morgan fingerprint density at radius 2 is 2.37 bits per heavy atom. The number of carbonyl (C=O) groups excluding carboxylic acids is 1. The van der Waals surface area contributed by atoms with Gasteiger partial charge in [-0.15, -0.1) is 11.3 Å². The second kappa shape index (κ2) is 4.81. The highest BCUT2D eigenvalue weighted by Gasteiger charge is 2.07. The van der Waals surface area contributed by atoms with Crippen molar-refractivity contribution in [1.82, 2.24) is 19.7 Å². The molecule has 0 atom stereocenters. The number of amides is 1. The molecule has 0 aliphatic rings. The van der Waals surface area contributed by atoms with Gasteiger partial charge in [0.1, 0.15) is 0 Å². The van der Waals surface area contributed by atoms with E-state index in [2.05, 4.69) is 15.3 Å². The van der Waals surface area contributed by atoms with Crippen LogP contribution in [-0.4, -0.2) is 20.3 Å². The Morgan fingerprint density at radius 3 is 3.11 bits per heavy atom. The number of carbonyl (C=O) groups is 1. The number of hydrogen-bond donors (Lipinski definition) is 1. The van der Waals surface area contributed by atoms with Crippen LogP contribution < -0.4 is 5.32 Å². The Bertz CT molecular complexity index is 685. The van der Waals surface area contributed by atoms with E-state index in [1.54, 1.807) is 23.6 Å². The molecule has 0 aliphatic carbocycles. The molecule has 96 valence electrons. The second-order valence-corrected chi connectivity index (χ2v) is 5.07. The first kappa shape index (κ1) is 11.9. The van der Waals surface area contributed by atoms with Gasteiger partial charge in [0, 0.05) is 29.7 Å². The molecule has 3 aromatic rings. The fourth-order valence-electron chi connectivity index (χ4n) is 1.74. The Balaban J connectivity index is 1.67. The molecule has 0 radical (unpaired) electrons. The van der Waals surface area contributed by atoms with Gasteiger partial charge in [-0.05, 0) is 19.1 Å². The number of nitrogens with zero attached hydrogens (tertiary/aromatic N) is 3. The van der Waals surface area contributed by atoms with Crippen LogP contribution >= 0.6 is 11.3 Å². The number of pyridine rings is 1. The minimum atomic E-state index is -0.135. The Labute approximate surface area is 113 Å². The molecule has 3 heterocycles. The highest BCUT2D eigenvalue weighted by atomic mass is 32.1. The lowest BCUT2D eigenvalue weighted by molar-refractivity contribution is 0.0950. The van der Waals surface area contributed by atoms with Gasteiger partial charge in [-0.3, -0.25) is 14.2 Å². The molecule has 1 N–H and O–H groups in total. The molecule has 0 spiro atoms. The molecular weight excluding hydrogens is 260 g/mol. The van der Waals surface area contributed by atoms with E-state index in [9.17, 15) is 4.79 Å². The zero-order valence-corrected chi connectivity index (χ0v) is 11.1. The zero-order chi connectivity index (χ0) is 13.2. The van der Waals surface area contributed by atoms with Crippen molar-refractivity contribution in [2.24, 2.45) is 0 Å². The van der Waals surface area contributed by atoms with E-state index in [1.807, 2.05) is 35.2 Å². The summed E-state index contributed by atoms with van der Waals surface area (Å²) in [6.07, 6.45) is 5.44. The molecule has 5 nitrogen and oxygen atoms in total. The van der Waals surface area contributed by atoms with Gasteiger partial charge in [0.05, 0.1) is 17.8 Å². The van der Waals surface area contributed by atoms with E-state index in [0.717, 1.165) is 16.3 Å². The predicted octanol–water partition coefficient (Wildman–Crippen LogP) is 2.03. The maximum Gasteiger partial charge on any atom is 0.253 e. The van der Waals surface area contributed by atoms with Crippen LogP contribution in [0.25, 0.3) is 4.96 Å². The van der Waals surface area contributed by atoms with Crippen molar-refractivity contribution < 1.29 is 4.79 Å². The van der Waals surface area contributed by atoms with Crippen LogP contribution in [0, 0.1) is 6.92 Å². The average Bonchev–Trinajstić information content (AvgIpc) is 2.97. The minimum Gasteiger partial charge on any atom is -0.346 e. The summed E-state index contributed by atoms with van der Waals surface area (Å²) < 4.78 is 1.94. The molecule has 6 heteroatoms. The smallest absolute Gasteiger partial charge is 0.253 e. The van der Waals surface area contributed by atoms with Crippen LogP contribution in [0.2, 0.25) is 0 Å². The number of imidazole rings is 1. The Morgan fingerprint density at radius 1 is 1.47 bits per heavy atom. The topological polar surface area (TPSA) is 59.3 Å². The van der Waals surface area contributed by atoms with Gasteiger partial charge >= 0.3 is 0 Å². The standard InChI is InChI=1S/C13H12N4OS/c1-9-2-3-10(6-14-9)12(18)15-7-11-8-17-4-5-19-13(17)16-11/h2-6,8H,7H2,1H3,(H,15,18). The first-order valence-corrected chi connectivity index (χ1v) is 6.72. The normalized spacial score (nSPS) is 10.8. The SMILES string of the molecule is Cc1ccc(C(=O)NCc2cn3ccsc3n2)cn1. The quantitative estimate of drug-likeness (QED) is 0.793. The number of fused-ring (bicyclic) bond motifs is 1. The largest absolute Gasteiger partial charge is 0.346 e. The summed E-state index contributed by atoms with van der Waals surface area (Å²) in [7, 11) is 0. The van der Waals surface area contributed by atoms with Gasteiger partial charge in [-0.2, -0.15) is 0 Å². The molecule has 0 saturated heterocycles. The third-order valence-electron chi connectivity index (χ3n) is 2.75. The average molecular weight is 272 g/mol. The van der Waals surface area contributed by atoms with Crippen molar-refractivity contribution in [1.29, 1.82) is 0 Å². The summed E-state index contributed by atoms with van der Waals surface area (Å²) in [6.45, 7) is 2.31. The Kier molecular flexibility index (Phi) is 3.00. The van der Waals surface area contributed by atoms with Crippen LogP contribution in [0.4, 0.5) is 0 Å². The minimum absolute atomic E-state index is 0.135. The highest BCUT2D eigenvalue weighted by Crippen LogP contribution is 2.11. The molecule has 1 amide bonds. The molecule has 0 aromatic carbocycles. The van der Waals surface area contributed by atoms with Crippen molar-refractivity contribution >= 4 is 22.2 Å². The van der Waals surface area contributed by atoms with Crippen LogP contribution in [0.15, 0.2) is 36.1 Å². The number of nitrogens with one attached hydrogen (secondary N) is 1. The van der Waals surface area contributed by atoms with Gasteiger partial charge in [-0.25, -0.2) is 4.98 Å². The van der Waals surface area contributed by atoms with Crippen molar-refractivity contribution in [2.45, 2.75) is 13.5 Å². The van der Waals surface area contributed by atoms with E-state index in [1.165, 1.54) is 0 Å². The van der Waals surface area contributed by atoms with Gasteiger partial charge in [-0.1, -0.05) is 0 Å². The third kappa shape index (κ3) is 2.48. The highest BCUT2D eigenvalue weighted by molar-refractivity contribution is 7.15. The van der Waals surface area contributed by atoms with E-state index < -0.39 is 0 Å². The van der Waals surface area contributed by atoms with Gasteiger partial charge in [0.25, 0.3) is 5.91 Å². The van der Waals surface area contributed by atoms with E-state index >= 15 is 0 Å². The van der Waals surface area contributed by atoms with Crippen molar-refractivity contribution in [3.63, 3.8) is 0 Å². The van der Waals surface area contributed by atoms with Crippen LogP contribution in [0.5, 0.6) is 0 Å². The summed E-state index contributed by atoms with van der Waals surface area (Å²) in [5, 5.41) is 4.81. The lowest BCUT2D eigenvalue weighted by atomic mass is 10.2. The monoisotopic (exact) mass is 272 g/mol. The number of thiazole rings is 1.